The minimum Gasteiger partial charge on any atom is -0.497 e. The largest absolute Gasteiger partial charge is 0.497 e. The number of alkyl carbamates (subject to hydrolysis) is 1. The van der Waals surface area contributed by atoms with E-state index in [-0.39, 0.29) is 19.1 Å². The van der Waals surface area contributed by atoms with Crippen LogP contribution in [-0.2, 0) is 25.6 Å². The van der Waals surface area contributed by atoms with Crippen molar-refractivity contribution in [3.05, 3.63) is 47.1 Å². The maximum absolute atomic E-state index is 13.3. The fourth-order valence-corrected chi connectivity index (χ4v) is 3.73. The SMILES string of the molecule is CC(C)(C)OC(=O)N[C@@H]1C(=O)N2C3=C1COC=CC3=CC[C@H]2C(=O)NCc1c[nH]nn1. The highest BCUT2D eigenvalue weighted by atomic mass is 16.6. The number of aromatic nitrogens is 3. The average molecular weight is 428 g/mol. The van der Waals surface area contributed by atoms with Gasteiger partial charge in [0.2, 0.25) is 5.91 Å². The zero-order chi connectivity index (χ0) is 22.2. The van der Waals surface area contributed by atoms with Crippen molar-refractivity contribution in [1.29, 1.82) is 0 Å². The van der Waals surface area contributed by atoms with Crippen LogP contribution in [0.1, 0.15) is 32.9 Å². The summed E-state index contributed by atoms with van der Waals surface area (Å²) in [6.45, 7) is 5.51. The highest BCUT2D eigenvalue weighted by Gasteiger charge is 2.48. The first-order chi connectivity index (χ1) is 14.7. The lowest BCUT2D eigenvalue weighted by Crippen LogP contribution is -2.52. The normalized spacial score (nSPS) is 22.4. The van der Waals surface area contributed by atoms with Gasteiger partial charge in [-0.05, 0) is 38.8 Å². The van der Waals surface area contributed by atoms with E-state index < -0.39 is 29.7 Å². The summed E-state index contributed by atoms with van der Waals surface area (Å²) in [4.78, 5) is 40.1. The molecule has 4 heterocycles. The Morgan fingerprint density at radius 3 is 2.90 bits per heavy atom. The molecule has 1 aromatic heterocycles. The molecule has 11 heteroatoms. The zero-order valence-corrected chi connectivity index (χ0v) is 17.5. The van der Waals surface area contributed by atoms with Crippen LogP contribution in [0.25, 0.3) is 0 Å². The van der Waals surface area contributed by atoms with Crippen LogP contribution in [0.4, 0.5) is 4.79 Å². The van der Waals surface area contributed by atoms with E-state index in [0.717, 1.165) is 5.57 Å². The van der Waals surface area contributed by atoms with Gasteiger partial charge in [0.1, 0.15) is 30.0 Å². The monoisotopic (exact) mass is 428 g/mol. The second kappa shape index (κ2) is 7.89. The van der Waals surface area contributed by atoms with Crippen molar-refractivity contribution in [2.75, 3.05) is 6.61 Å². The van der Waals surface area contributed by atoms with Crippen molar-refractivity contribution < 1.29 is 23.9 Å². The van der Waals surface area contributed by atoms with Crippen LogP contribution in [0.15, 0.2) is 41.5 Å². The fourth-order valence-electron chi connectivity index (χ4n) is 3.73. The van der Waals surface area contributed by atoms with Crippen molar-refractivity contribution in [1.82, 2.24) is 30.9 Å². The van der Waals surface area contributed by atoms with Gasteiger partial charge in [0, 0.05) is 11.8 Å². The second-order valence-electron chi connectivity index (χ2n) is 8.37. The Balaban J connectivity index is 1.58. The lowest BCUT2D eigenvalue weighted by molar-refractivity contribution is -0.137. The van der Waals surface area contributed by atoms with Gasteiger partial charge in [-0.3, -0.25) is 19.6 Å². The zero-order valence-electron chi connectivity index (χ0n) is 17.5. The van der Waals surface area contributed by atoms with Crippen LogP contribution in [0.5, 0.6) is 0 Å². The summed E-state index contributed by atoms with van der Waals surface area (Å²) in [5, 5.41) is 15.5. The van der Waals surface area contributed by atoms with Crippen LogP contribution in [0, 0.1) is 0 Å². The molecule has 0 aliphatic carbocycles. The van der Waals surface area contributed by atoms with E-state index in [0.29, 0.717) is 23.4 Å². The average Bonchev–Trinajstić information content (AvgIpc) is 3.23. The topological polar surface area (TPSA) is 139 Å². The predicted molar refractivity (Wildman–Crippen MR) is 107 cm³/mol. The molecular weight excluding hydrogens is 404 g/mol. The maximum Gasteiger partial charge on any atom is 0.408 e. The van der Waals surface area contributed by atoms with Crippen LogP contribution in [-0.4, -0.2) is 62.5 Å². The molecule has 2 atom stereocenters. The van der Waals surface area contributed by atoms with Gasteiger partial charge >= 0.3 is 6.09 Å². The van der Waals surface area contributed by atoms with Crippen molar-refractivity contribution >= 4 is 17.9 Å². The molecule has 11 nitrogen and oxygen atoms in total. The molecule has 3 aliphatic rings. The van der Waals surface area contributed by atoms with Gasteiger partial charge in [-0.2, -0.15) is 0 Å². The first kappa shape index (κ1) is 20.6. The van der Waals surface area contributed by atoms with Crippen LogP contribution < -0.4 is 10.6 Å². The number of ether oxygens (including phenoxy) is 2. The molecule has 3 amide bonds. The molecule has 3 aliphatic heterocycles. The van der Waals surface area contributed by atoms with Crippen LogP contribution in [0.3, 0.4) is 0 Å². The highest BCUT2D eigenvalue weighted by molar-refractivity contribution is 5.99. The van der Waals surface area contributed by atoms with Gasteiger partial charge in [-0.15, -0.1) is 5.10 Å². The molecule has 0 aromatic carbocycles. The summed E-state index contributed by atoms with van der Waals surface area (Å²) in [5.41, 5.74) is 1.80. The maximum atomic E-state index is 13.3. The molecular formula is C20H24N6O5. The van der Waals surface area contributed by atoms with Gasteiger partial charge in [0.25, 0.3) is 5.91 Å². The van der Waals surface area contributed by atoms with Gasteiger partial charge in [0.15, 0.2) is 0 Å². The number of hydrogen-bond donors (Lipinski definition) is 3. The lowest BCUT2D eigenvalue weighted by Gasteiger charge is -2.33. The molecule has 3 N–H and O–H groups in total. The molecule has 0 spiro atoms. The number of hydrogen-bond acceptors (Lipinski definition) is 7. The summed E-state index contributed by atoms with van der Waals surface area (Å²) in [7, 11) is 0. The van der Waals surface area contributed by atoms with Crippen LogP contribution in [0.2, 0.25) is 0 Å². The lowest BCUT2D eigenvalue weighted by atomic mass is 9.98. The Hall–Kier alpha value is -3.63. The number of amides is 3. The van der Waals surface area contributed by atoms with Gasteiger partial charge in [0.05, 0.1) is 18.5 Å². The van der Waals surface area contributed by atoms with E-state index in [9.17, 15) is 14.4 Å². The molecule has 0 radical (unpaired) electrons. The molecule has 0 fully saturated rings. The van der Waals surface area contributed by atoms with Crippen molar-refractivity contribution in [2.24, 2.45) is 0 Å². The number of H-pyrrole nitrogens is 1. The minimum atomic E-state index is -0.975. The Labute approximate surface area is 178 Å². The van der Waals surface area contributed by atoms with E-state index in [1.807, 2.05) is 6.08 Å². The third-order valence-electron chi connectivity index (χ3n) is 4.98. The fraction of sp³-hybridized carbons (Fsp3) is 0.450. The Morgan fingerprint density at radius 1 is 1.39 bits per heavy atom. The number of carbonyl (C=O) groups is 3. The summed E-state index contributed by atoms with van der Waals surface area (Å²) in [6.07, 6.45) is 6.37. The van der Waals surface area contributed by atoms with E-state index in [2.05, 4.69) is 26.0 Å². The number of rotatable bonds is 4. The molecule has 1 aromatic rings. The molecule has 0 saturated carbocycles. The Morgan fingerprint density at radius 2 is 2.19 bits per heavy atom. The molecule has 0 unspecified atom stereocenters. The Bertz CT molecular complexity index is 988. The summed E-state index contributed by atoms with van der Waals surface area (Å²) < 4.78 is 10.8. The van der Waals surface area contributed by atoms with Crippen molar-refractivity contribution in [3.8, 4) is 0 Å². The van der Waals surface area contributed by atoms with Gasteiger partial charge < -0.3 is 20.1 Å². The summed E-state index contributed by atoms with van der Waals surface area (Å²) >= 11 is 0. The first-order valence-corrected chi connectivity index (χ1v) is 9.92. The van der Waals surface area contributed by atoms with Crippen LogP contribution >= 0.6 is 0 Å². The number of carbonyl (C=O) groups excluding carboxylic acids is 3. The summed E-state index contributed by atoms with van der Waals surface area (Å²) in [5.74, 6) is -0.729. The third-order valence-corrected chi connectivity index (χ3v) is 4.98. The quantitative estimate of drug-likeness (QED) is 0.640. The smallest absolute Gasteiger partial charge is 0.408 e. The summed E-state index contributed by atoms with van der Waals surface area (Å²) in [6, 6.07) is -1.73. The molecule has 0 bridgehead atoms. The number of nitrogens with one attached hydrogen (secondary N) is 3. The van der Waals surface area contributed by atoms with Gasteiger partial charge in [-0.25, -0.2) is 4.79 Å². The van der Waals surface area contributed by atoms with E-state index in [4.69, 9.17) is 9.47 Å². The standard InChI is InChI=1S/C20H24N6O5/c1-20(2,3)31-19(29)23-15-13-10-30-7-6-11-4-5-14(26(16(11)13)18(15)28)17(27)21-8-12-9-22-25-24-12/h4,6-7,9,14-15H,5,8,10H2,1-3H3,(H,21,27)(H,23,29)(H,22,24,25)/t14-,15-/m0/s1. The van der Waals surface area contributed by atoms with E-state index in [1.165, 1.54) is 4.90 Å². The van der Waals surface area contributed by atoms with E-state index in [1.54, 1.807) is 39.3 Å². The Kier molecular flexibility index (Phi) is 5.25. The molecule has 0 saturated heterocycles. The van der Waals surface area contributed by atoms with E-state index >= 15 is 0 Å². The second-order valence-corrected chi connectivity index (χ2v) is 8.37. The highest BCUT2D eigenvalue weighted by Crippen LogP contribution is 2.38. The molecule has 4 rings (SSSR count). The number of aromatic amines is 1. The van der Waals surface area contributed by atoms with Crippen molar-refractivity contribution in [2.45, 2.75) is 51.4 Å². The molecule has 164 valence electrons. The number of allylic oxidation sites excluding steroid dienone is 1. The molecule has 31 heavy (non-hydrogen) atoms. The third kappa shape index (κ3) is 4.16. The van der Waals surface area contributed by atoms with Gasteiger partial charge in [-0.1, -0.05) is 11.3 Å². The van der Waals surface area contributed by atoms with Crippen molar-refractivity contribution in [3.63, 3.8) is 0 Å². The number of nitrogens with zero attached hydrogens (tertiary/aromatic N) is 3. The first-order valence-electron chi connectivity index (χ1n) is 9.92. The minimum absolute atomic E-state index is 0.110. The predicted octanol–water partition coefficient (Wildman–Crippen LogP) is 0.653.